The maximum absolute atomic E-state index is 12.9. The van der Waals surface area contributed by atoms with E-state index < -0.39 is 11.6 Å². The predicted molar refractivity (Wildman–Crippen MR) is 115 cm³/mol. The van der Waals surface area contributed by atoms with Gasteiger partial charge in [0.05, 0.1) is 16.2 Å². The molecule has 28 heavy (non-hydrogen) atoms. The zero-order valence-corrected chi connectivity index (χ0v) is 18.0. The summed E-state index contributed by atoms with van der Waals surface area (Å²) in [6.07, 6.45) is 0. The van der Waals surface area contributed by atoms with Crippen molar-refractivity contribution < 1.29 is 9.59 Å². The molecule has 0 heterocycles. The fraction of sp³-hybridized carbons (Fsp3) is 0.364. The van der Waals surface area contributed by atoms with Crippen LogP contribution in [0.4, 0.5) is 10.5 Å². The third kappa shape index (κ3) is 5.49. The van der Waals surface area contributed by atoms with Gasteiger partial charge in [-0.1, -0.05) is 56.6 Å². The molecule has 0 atom stereocenters. The lowest BCUT2D eigenvalue weighted by atomic mass is 9.87. The minimum atomic E-state index is -0.624. The molecule has 0 fully saturated rings. The number of benzene rings is 2. The maximum Gasteiger partial charge on any atom is 0.338 e. The number of halogens is 1. The maximum atomic E-state index is 12.9. The van der Waals surface area contributed by atoms with E-state index in [0.717, 1.165) is 5.56 Å². The van der Waals surface area contributed by atoms with Gasteiger partial charge in [-0.2, -0.15) is 0 Å². The number of carbonyl (C=O) groups is 2. The summed E-state index contributed by atoms with van der Waals surface area (Å²) in [4.78, 5) is 25.5. The Kier molecular flexibility index (Phi) is 6.40. The molecule has 2 N–H and O–H groups in total. The van der Waals surface area contributed by atoms with Crippen molar-refractivity contribution in [2.45, 2.75) is 52.5 Å². The second kappa shape index (κ2) is 8.23. The van der Waals surface area contributed by atoms with Crippen LogP contribution >= 0.6 is 11.6 Å². The summed E-state index contributed by atoms with van der Waals surface area (Å²) in [6.45, 7) is 11.8. The van der Waals surface area contributed by atoms with Crippen molar-refractivity contribution in [2.75, 3.05) is 5.32 Å². The van der Waals surface area contributed by atoms with Gasteiger partial charge in [0.25, 0.3) is 5.91 Å². The number of nitrogens with zero attached hydrogens (tertiary/aromatic N) is 1. The Morgan fingerprint density at radius 3 is 2.07 bits per heavy atom. The Labute approximate surface area is 172 Å². The Hall–Kier alpha value is -2.53. The molecular weight excluding hydrogens is 374 g/mol. The molecular formula is C22H28ClN3O2. The van der Waals surface area contributed by atoms with Crippen LogP contribution in [-0.2, 0) is 5.41 Å². The molecule has 0 aliphatic heterocycles. The lowest BCUT2D eigenvalue weighted by Crippen LogP contribution is -2.56. The lowest BCUT2D eigenvalue weighted by molar-refractivity contribution is 0.0460. The van der Waals surface area contributed by atoms with Crippen LogP contribution in [-0.4, -0.2) is 22.5 Å². The highest BCUT2D eigenvalue weighted by atomic mass is 35.5. The highest BCUT2D eigenvalue weighted by Crippen LogP contribution is 2.29. The van der Waals surface area contributed by atoms with E-state index in [-0.39, 0.29) is 11.3 Å². The SMILES string of the molecule is CC(C)(C)c1ccc(Cl)c(NC(=O)NN(C(=O)c2ccccc2)C(C)(C)C)c1. The molecule has 0 unspecified atom stereocenters. The summed E-state index contributed by atoms with van der Waals surface area (Å²) in [5.41, 5.74) is 3.98. The Bertz CT molecular complexity index is 852. The van der Waals surface area contributed by atoms with Gasteiger partial charge in [0.2, 0.25) is 0 Å². The van der Waals surface area contributed by atoms with Crippen molar-refractivity contribution in [1.29, 1.82) is 0 Å². The van der Waals surface area contributed by atoms with E-state index in [2.05, 4.69) is 31.5 Å². The number of urea groups is 1. The molecule has 6 heteroatoms. The standard InChI is InChI=1S/C22H28ClN3O2/c1-21(2,3)16-12-13-17(23)18(14-16)24-20(28)25-26(22(4,5)6)19(27)15-10-8-7-9-11-15/h7-14H,1-6H3,(H2,24,25,28). The number of amides is 3. The topological polar surface area (TPSA) is 61.4 Å². The summed E-state index contributed by atoms with van der Waals surface area (Å²) in [6, 6.07) is 13.8. The van der Waals surface area contributed by atoms with Crippen LogP contribution in [0.5, 0.6) is 0 Å². The highest BCUT2D eigenvalue weighted by Gasteiger charge is 2.29. The van der Waals surface area contributed by atoms with Crippen LogP contribution in [0, 0.1) is 0 Å². The van der Waals surface area contributed by atoms with E-state index in [9.17, 15) is 9.59 Å². The minimum absolute atomic E-state index is 0.0851. The summed E-state index contributed by atoms with van der Waals surface area (Å²) >= 11 is 6.25. The summed E-state index contributed by atoms with van der Waals surface area (Å²) in [5.74, 6) is -0.294. The average molecular weight is 402 g/mol. The molecule has 0 aromatic heterocycles. The number of hydrogen-bond acceptors (Lipinski definition) is 2. The van der Waals surface area contributed by atoms with Gasteiger partial charge >= 0.3 is 6.03 Å². The first kappa shape index (κ1) is 21.8. The van der Waals surface area contributed by atoms with Gasteiger partial charge in [-0.15, -0.1) is 0 Å². The van der Waals surface area contributed by atoms with Crippen LogP contribution in [0.15, 0.2) is 48.5 Å². The fourth-order valence-electron chi connectivity index (χ4n) is 2.57. The van der Waals surface area contributed by atoms with Gasteiger partial charge in [0.15, 0.2) is 0 Å². The van der Waals surface area contributed by atoms with Crippen LogP contribution in [0.3, 0.4) is 0 Å². The largest absolute Gasteiger partial charge is 0.338 e. The quantitative estimate of drug-likeness (QED) is 0.642. The molecule has 0 radical (unpaired) electrons. The van der Waals surface area contributed by atoms with Crippen molar-refractivity contribution in [3.05, 3.63) is 64.7 Å². The summed E-state index contributed by atoms with van der Waals surface area (Å²) < 4.78 is 0. The molecule has 0 aliphatic carbocycles. The molecule has 0 saturated heterocycles. The first-order valence-corrected chi connectivity index (χ1v) is 9.54. The first-order valence-electron chi connectivity index (χ1n) is 9.17. The van der Waals surface area contributed by atoms with E-state index in [1.54, 1.807) is 30.3 Å². The molecule has 3 amide bonds. The first-order chi connectivity index (χ1) is 12.9. The second-order valence-corrected chi connectivity index (χ2v) is 9.10. The normalized spacial score (nSPS) is 11.7. The smallest absolute Gasteiger partial charge is 0.305 e. The second-order valence-electron chi connectivity index (χ2n) is 8.69. The molecule has 0 aliphatic rings. The Morgan fingerprint density at radius 2 is 1.54 bits per heavy atom. The van der Waals surface area contributed by atoms with E-state index in [4.69, 9.17) is 11.6 Å². The van der Waals surface area contributed by atoms with Crippen LogP contribution in [0.2, 0.25) is 5.02 Å². The molecule has 0 bridgehead atoms. The van der Waals surface area contributed by atoms with Crippen molar-refractivity contribution in [2.24, 2.45) is 0 Å². The van der Waals surface area contributed by atoms with Crippen molar-refractivity contribution in [1.82, 2.24) is 10.4 Å². The summed E-state index contributed by atoms with van der Waals surface area (Å²) in [5, 5.41) is 4.50. The monoisotopic (exact) mass is 401 g/mol. The third-order valence-corrected chi connectivity index (χ3v) is 4.52. The zero-order chi connectivity index (χ0) is 21.1. The number of hydrazine groups is 1. The third-order valence-electron chi connectivity index (χ3n) is 4.19. The molecule has 0 saturated carbocycles. The molecule has 5 nitrogen and oxygen atoms in total. The molecule has 2 rings (SSSR count). The average Bonchev–Trinajstić information content (AvgIpc) is 2.60. The predicted octanol–water partition coefficient (Wildman–Crippen LogP) is 5.61. The Morgan fingerprint density at radius 1 is 0.929 bits per heavy atom. The number of nitrogens with one attached hydrogen (secondary N) is 2. The van der Waals surface area contributed by atoms with E-state index >= 15 is 0 Å². The number of rotatable bonds is 2. The van der Waals surface area contributed by atoms with Gasteiger partial charge in [-0.25, -0.2) is 15.2 Å². The van der Waals surface area contributed by atoms with Gasteiger partial charge in [-0.3, -0.25) is 4.79 Å². The van der Waals surface area contributed by atoms with E-state index in [1.807, 2.05) is 39.0 Å². The Balaban J connectivity index is 2.22. The number of carbonyl (C=O) groups excluding carboxylic acids is 2. The lowest BCUT2D eigenvalue weighted by Gasteiger charge is -2.35. The minimum Gasteiger partial charge on any atom is -0.305 e. The molecule has 150 valence electrons. The van der Waals surface area contributed by atoms with Gasteiger partial charge < -0.3 is 5.32 Å². The molecule has 0 spiro atoms. The summed E-state index contributed by atoms with van der Waals surface area (Å²) in [7, 11) is 0. The van der Waals surface area contributed by atoms with Crippen molar-refractivity contribution in [3.63, 3.8) is 0 Å². The van der Waals surface area contributed by atoms with Crippen LogP contribution < -0.4 is 10.7 Å². The van der Waals surface area contributed by atoms with Gasteiger partial charge in [0, 0.05) is 5.56 Å². The van der Waals surface area contributed by atoms with Gasteiger partial charge in [0.1, 0.15) is 0 Å². The number of hydrogen-bond donors (Lipinski definition) is 2. The van der Waals surface area contributed by atoms with Crippen molar-refractivity contribution >= 4 is 29.2 Å². The highest BCUT2D eigenvalue weighted by molar-refractivity contribution is 6.33. The van der Waals surface area contributed by atoms with Crippen LogP contribution in [0.1, 0.15) is 57.5 Å². The van der Waals surface area contributed by atoms with Crippen LogP contribution in [0.25, 0.3) is 0 Å². The van der Waals surface area contributed by atoms with Gasteiger partial charge in [-0.05, 0) is 56.0 Å². The molecule has 2 aromatic carbocycles. The van der Waals surface area contributed by atoms with E-state index in [0.29, 0.717) is 16.3 Å². The fourth-order valence-corrected chi connectivity index (χ4v) is 2.74. The van der Waals surface area contributed by atoms with E-state index in [1.165, 1.54) is 5.01 Å². The number of anilines is 1. The zero-order valence-electron chi connectivity index (χ0n) is 17.3. The van der Waals surface area contributed by atoms with Crippen molar-refractivity contribution in [3.8, 4) is 0 Å². The molecule has 2 aromatic rings.